The van der Waals surface area contributed by atoms with Gasteiger partial charge in [-0.2, -0.15) is 4.99 Å². The van der Waals surface area contributed by atoms with Gasteiger partial charge in [-0.05, 0) is 5.75 Å². The number of nitrogens with zero attached hydrogens (tertiary/aromatic N) is 6. The second-order valence-electron chi connectivity index (χ2n) is 3.92. The van der Waals surface area contributed by atoms with Crippen LogP contribution in [0.25, 0.3) is 0 Å². The second kappa shape index (κ2) is 6.12. The Morgan fingerprint density at radius 3 is 3.00 bits per heavy atom. The maximum absolute atomic E-state index is 6.02. The molecule has 0 aromatic carbocycles. The normalized spacial score (nSPS) is 19.9. The lowest BCUT2D eigenvalue weighted by atomic mass is 10.3. The van der Waals surface area contributed by atoms with E-state index in [1.807, 2.05) is 6.92 Å². The molecule has 0 amide bonds. The Kier molecular flexibility index (Phi) is 4.22. The molecule has 0 saturated heterocycles. The molecule has 3 heterocycles. The molecule has 21 heavy (non-hydrogen) atoms. The Morgan fingerprint density at radius 2 is 2.19 bits per heavy atom. The number of rotatable bonds is 3. The summed E-state index contributed by atoms with van der Waals surface area (Å²) in [4.78, 5) is 25.2. The van der Waals surface area contributed by atoms with Crippen LogP contribution in [0.3, 0.4) is 0 Å². The van der Waals surface area contributed by atoms with Crippen molar-refractivity contribution in [3.8, 4) is 0 Å². The summed E-state index contributed by atoms with van der Waals surface area (Å²) in [6.45, 7) is 2.03. The molecule has 0 bridgehead atoms. The lowest BCUT2D eigenvalue weighted by Gasteiger charge is -2.15. The molecular weight excluding hydrogens is 330 g/mol. The number of aromatic nitrogens is 2. The summed E-state index contributed by atoms with van der Waals surface area (Å²) < 4.78 is 0. The molecule has 0 radical (unpaired) electrons. The van der Waals surface area contributed by atoms with Gasteiger partial charge >= 0.3 is 0 Å². The number of aliphatic imine (C=N–C) groups is 4. The highest BCUT2D eigenvalue weighted by atomic mass is 35.5. The van der Waals surface area contributed by atoms with Crippen LogP contribution in [0.5, 0.6) is 0 Å². The number of amidine groups is 1. The van der Waals surface area contributed by atoms with Crippen molar-refractivity contribution in [2.75, 3.05) is 5.75 Å². The van der Waals surface area contributed by atoms with E-state index in [1.165, 1.54) is 29.9 Å². The van der Waals surface area contributed by atoms with Crippen molar-refractivity contribution in [2.45, 2.75) is 23.1 Å². The average molecular weight is 340 g/mol. The van der Waals surface area contributed by atoms with E-state index in [2.05, 4.69) is 29.9 Å². The first-order valence-electron chi connectivity index (χ1n) is 6.03. The Morgan fingerprint density at radius 1 is 1.33 bits per heavy atom. The molecule has 1 atom stereocenters. The molecule has 3 rings (SSSR count). The fourth-order valence-corrected chi connectivity index (χ4v) is 3.56. The van der Waals surface area contributed by atoms with Crippen LogP contribution >= 0.6 is 35.1 Å². The van der Waals surface area contributed by atoms with Gasteiger partial charge in [0.15, 0.2) is 17.0 Å². The van der Waals surface area contributed by atoms with Gasteiger partial charge in [-0.15, -0.1) is 0 Å². The standard InChI is InChI=1S/C11H10ClN7S2/c1-2-20-11-16-5(12)3-6(17-11)21-9-7-8(15-4-14-7)18-10(13)19-9/h3-4,7H,2H2,1H3,(H2,13,14,15,18). The molecule has 108 valence electrons. The van der Waals surface area contributed by atoms with E-state index in [0.717, 1.165) is 5.75 Å². The maximum atomic E-state index is 6.02. The highest BCUT2D eigenvalue weighted by Crippen LogP contribution is 2.28. The zero-order valence-electron chi connectivity index (χ0n) is 10.9. The summed E-state index contributed by atoms with van der Waals surface area (Å²) in [5, 5.41) is 2.40. The predicted octanol–water partition coefficient (Wildman–Crippen LogP) is 1.87. The number of halogens is 1. The summed E-state index contributed by atoms with van der Waals surface area (Å²) in [5.74, 6) is 1.59. The molecule has 0 fully saturated rings. The van der Waals surface area contributed by atoms with Gasteiger partial charge in [-0.25, -0.2) is 20.0 Å². The van der Waals surface area contributed by atoms with Crippen molar-refractivity contribution in [1.29, 1.82) is 0 Å². The summed E-state index contributed by atoms with van der Waals surface area (Å²) in [6.07, 6.45) is 1.46. The highest BCUT2D eigenvalue weighted by Gasteiger charge is 2.29. The van der Waals surface area contributed by atoms with Crippen LogP contribution in [-0.2, 0) is 0 Å². The van der Waals surface area contributed by atoms with Gasteiger partial charge in [-0.3, -0.25) is 4.99 Å². The van der Waals surface area contributed by atoms with Crippen LogP contribution in [0.4, 0.5) is 0 Å². The van der Waals surface area contributed by atoms with E-state index in [-0.39, 0.29) is 12.0 Å². The van der Waals surface area contributed by atoms with Crippen molar-refractivity contribution in [3.05, 3.63) is 11.2 Å². The fourth-order valence-electron chi connectivity index (χ4n) is 1.69. The smallest absolute Gasteiger partial charge is 0.222 e. The molecule has 7 nitrogen and oxygen atoms in total. The van der Waals surface area contributed by atoms with Crippen LogP contribution in [-0.4, -0.2) is 44.9 Å². The molecule has 0 spiro atoms. The van der Waals surface area contributed by atoms with E-state index in [0.29, 0.717) is 26.2 Å². The minimum absolute atomic E-state index is 0.168. The number of nitrogens with two attached hydrogens (primary N) is 1. The van der Waals surface area contributed by atoms with Crippen LogP contribution < -0.4 is 5.73 Å². The number of thioether (sulfide) groups is 2. The third-order valence-electron chi connectivity index (χ3n) is 2.47. The minimum Gasteiger partial charge on any atom is -0.368 e. The molecule has 10 heteroatoms. The number of guanidine groups is 1. The third-order valence-corrected chi connectivity index (χ3v) is 4.34. The van der Waals surface area contributed by atoms with E-state index in [1.54, 1.807) is 6.07 Å². The van der Waals surface area contributed by atoms with Crippen molar-refractivity contribution in [1.82, 2.24) is 9.97 Å². The Hall–Kier alpha value is -1.45. The van der Waals surface area contributed by atoms with Crippen molar-refractivity contribution < 1.29 is 0 Å². The molecular formula is C11H10ClN7S2. The van der Waals surface area contributed by atoms with E-state index >= 15 is 0 Å². The van der Waals surface area contributed by atoms with Crippen LogP contribution in [0.2, 0.25) is 5.15 Å². The topological polar surface area (TPSA) is 101 Å². The zero-order chi connectivity index (χ0) is 14.8. The lowest BCUT2D eigenvalue weighted by molar-refractivity contribution is 0.894. The van der Waals surface area contributed by atoms with Crippen LogP contribution in [0.1, 0.15) is 6.92 Å². The lowest BCUT2D eigenvalue weighted by Crippen LogP contribution is -2.31. The summed E-state index contributed by atoms with van der Waals surface area (Å²) in [7, 11) is 0. The van der Waals surface area contributed by atoms with Gasteiger partial charge in [-0.1, -0.05) is 42.0 Å². The maximum Gasteiger partial charge on any atom is 0.222 e. The van der Waals surface area contributed by atoms with Crippen molar-refractivity contribution in [2.24, 2.45) is 25.7 Å². The van der Waals surface area contributed by atoms with Crippen LogP contribution in [0.15, 0.2) is 36.2 Å². The summed E-state index contributed by atoms with van der Waals surface area (Å²) in [6, 6.07) is 1.38. The molecule has 0 aliphatic carbocycles. The number of hydrogen-bond acceptors (Lipinski definition) is 9. The number of hydrogen-bond donors (Lipinski definition) is 1. The van der Waals surface area contributed by atoms with Gasteiger partial charge in [0.1, 0.15) is 21.6 Å². The fraction of sp³-hybridized carbons (Fsp3) is 0.273. The van der Waals surface area contributed by atoms with E-state index in [9.17, 15) is 0 Å². The zero-order valence-corrected chi connectivity index (χ0v) is 13.3. The molecule has 1 aromatic heterocycles. The Bertz CT molecular complexity index is 698. The highest BCUT2D eigenvalue weighted by molar-refractivity contribution is 8.14. The van der Waals surface area contributed by atoms with E-state index in [4.69, 9.17) is 17.3 Å². The van der Waals surface area contributed by atoms with Gasteiger partial charge in [0.05, 0.1) is 0 Å². The monoisotopic (exact) mass is 339 g/mol. The van der Waals surface area contributed by atoms with Gasteiger partial charge < -0.3 is 5.73 Å². The van der Waals surface area contributed by atoms with Crippen LogP contribution in [0, 0.1) is 0 Å². The largest absolute Gasteiger partial charge is 0.368 e. The average Bonchev–Trinajstić information content (AvgIpc) is 2.86. The molecule has 2 N–H and O–H groups in total. The van der Waals surface area contributed by atoms with Crippen molar-refractivity contribution >= 4 is 58.3 Å². The summed E-state index contributed by atoms with van der Waals surface area (Å²) in [5.41, 5.74) is 5.69. The van der Waals surface area contributed by atoms with Gasteiger partial charge in [0.25, 0.3) is 0 Å². The summed E-state index contributed by atoms with van der Waals surface area (Å²) >= 11 is 8.89. The Labute approximate surface area is 134 Å². The second-order valence-corrected chi connectivity index (χ2v) is 6.58. The van der Waals surface area contributed by atoms with Crippen molar-refractivity contribution in [3.63, 3.8) is 0 Å². The predicted molar refractivity (Wildman–Crippen MR) is 88.1 cm³/mol. The first-order chi connectivity index (χ1) is 10.2. The number of fused-ring (bicyclic) bond motifs is 1. The molecule has 0 saturated carbocycles. The molecule has 2 aliphatic heterocycles. The minimum atomic E-state index is -0.307. The quantitative estimate of drug-likeness (QED) is 0.514. The van der Waals surface area contributed by atoms with Gasteiger partial charge in [0.2, 0.25) is 5.96 Å². The first-order valence-corrected chi connectivity index (χ1v) is 8.21. The molecule has 2 aliphatic rings. The Balaban J connectivity index is 1.88. The first kappa shape index (κ1) is 14.5. The molecule has 1 aromatic rings. The SMILES string of the molecule is CCSc1nc(Cl)cc(SC2=NC(N)=NC3=NC=NC32)n1. The third kappa shape index (κ3) is 3.25. The van der Waals surface area contributed by atoms with E-state index < -0.39 is 0 Å². The van der Waals surface area contributed by atoms with Gasteiger partial charge in [0, 0.05) is 6.07 Å². The molecule has 1 unspecified atom stereocenters.